The van der Waals surface area contributed by atoms with Crippen LogP contribution in [0.3, 0.4) is 0 Å². The Morgan fingerprint density at radius 3 is 3.20 bits per heavy atom. The zero-order valence-corrected chi connectivity index (χ0v) is 12.9. The van der Waals surface area contributed by atoms with E-state index in [0.29, 0.717) is 12.8 Å². The Balaban J connectivity index is 1.85. The SMILES string of the molecule is CNCCCC(=O)N1CCCC1CC(O)c1cccs1. The van der Waals surface area contributed by atoms with Crippen LogP contribution in [0, 0.1) is 0 Å². The van der Waals surface area contributed by atoms with Gasteiger partial charge in [0.15, 0.2) is 0 Å². The maximum Gasteiger partial charge on any atom is 0.222 e. The highest BCUT2D eigenvalue weighted by Gasteiger charge is 2.30. The van der Waals surface area contributed by atoms with E-state index in [2.05, 4.69) is 5.32 Å². The number of amides is 1. The number of rotatable bonds is 7. The van der Waals surface area contributed by atoms with Crippen LogP contribution in [0.5, 0.6) is 0 Å². The van der Waals surface area contributed by atoms with Gasteiger partial charge < -0.3 is 15.3 Å². The molecule has 0 aliphatic carbocycles. The molecule has 1 aliphatic rings. The second-order valence-corrected chi connectivity index (χ2v) is 6.34. The Bertz CT molecular complexity index is 408. The highest BCUT2D eigenvalue weighted by Crippen LogP contribution is 2.29. The van der Waals surface area contributed by atoms with Gasteiger partial charge in [-0.2, -0.15) is 0 Å². The molecule has 0 aromatic carbocycles. The molecule has 0 saturated carbocycles. The maximum absolute atomic E-state index is 12.2. The van der Waals surface area contributed by atoms with Gasteiger partial charge in [0.2, 0.25) is 5.91 Å². The quantitative estimate of drug-likeness (QED) is 0.758. The van der Waals surface area contributed by atoms with Crippen LogP contribution >= 0.6 is 11.3 Å². The summed E-state index contributed by atoms with van der Waals surface area (Å²) in [5, 5.41) is 15.3. The number of likely N-dealkylation sites (tertiary alicyclic amines) is 1. The number of nitrogens with one attached hydrogen (secondary N) is 1. The number of carbonyl (C=O) groups is 1. The Morgan fingerprint density at radius 2 is 2.50 bits per heavy atom. The molecule has 2 unspecified atom stereocenters. The second kappa shape index (κ2) is 7.76. The monoisotopic (exact) mass is 296 g/mol. The number of aliphatic hydroxyl groups is 1. The molecule has 2 rings (SSSR count). The van der Waals surface area contributed by atoms with E-state index in [-0.39, 0.29) is 11.9 Å². The van der Waals surface area contributed by atoms with Gasteiger partial charge in [0.1, 0.15) is 0 Å². The summed E-state index contributed by atoms with van der Waals surface area (Å²) < 4.78 is 0. The van der Waals surface area contributed by atoms with Gasteiger partial charge in [0.05, 0.1) is 6.10 Å². The minimum Gasteiger partial charge on any atom is -0.387 e. The van der Waals surface area contributed by atoms with E-state index >= 15 is 0 Å². The molecule has 0 radical (unpaired) electrons. The summed E-state index contributed by atoms with van der Waals surface area (Å²) in [6.07, 6.45) is 3.78. The Labute approximate surface area is 124 Å². The fourth-order valence-electron chi connectivity index (χ4n) is 2.82. The molecule has 1 fully saturated rings. The van der Waals surface area contributed by atoms with Crippen LogP contribution in [0.2, 0.25) is 0 Å². The summed E-state index contributed by atoms with van der Waals surface area (Å²) in [5.41, 5.74) is 0. The minimum absolute atomic E-state index is 0.203. The van der Waals surface area contributed by atoms with E-state index in [1.165, 1.54) is 0 Å². The van der Waals surface area contributed by atoms with Crippen molar-refractivity contribution in [2.75, 3.05) is 20.1 Å². The first-order valence-electron chi connectivity index (χ1n) is 7.38. The van der Waals surface area contributed by atoms with Crippen LogP contribution in [0.1, 0.15) is 43.1 Å². The van der Waals surface area contributed by atoms with Gasteiger partial charge in [-0.1, -0.05) is 6.07 Å². The molecule has 1 amide bonds. The molecule has 2 N–H and O–H groups in total. The van der Waals surface area contributed by atoms with E-state index in [4.69, 9.17) is 0 Å². The highest BCUT2D eigenvalue weighted by molar-refractivity contribution is 7.10. The first kappa shape index (κ1) is 15.5. The topological polar surface area (TPSA) is 52.6 Å². The molecule has 112 valence electrons. The Kier molecular flexibility index (Phi) is 6.01. The predicted molar refractivity (Wildman–Crippen MR) is 81.8 cm³/mol. The maximum atomic E-state index is 12.2. The summed E-state index contributed by atoms with van der Waals surface area (Å²) in [4.78, 5) is 15.2. The normalized spacial score (nSPS) is 20.3. The van der Waals surface area contributed by atoms with Crippen molar-refractivity contribution in [1.29, 1.82) is 0 Å². The number of hydrogen-bond donors (Lipinski definition) is 2. The van der Waals surface area contributed by atoms with Gasteiger partial charge in [-0.05, 0) is 50.7 Å². The van der Waals surface area contributed by atoms with Gasteiger partial charge in [0, 0.05) is 23.9 Å². The molecule has 2 atom stereocenters. The fraction of sp³-hybridized carbons (Fsp3) is 0.667. The molecule has 1 saturated heterocycles. The molecule has 4 nitrogen and oxygen atoms in total. The molecule has 1 aromatic rings. The Morgan fingerprint density at radius 1 is 1.65 bits per heavy atom. The van der Waals surface area contributed by atoms with Crippen molar-refractivity contribution in [3.63, 3.8) is 0 Å². The minimum atomic E-state index is -0.439. The van der Waals surface area contributed by atoms with Crippen molar-refractivity contribution in [3.8, 4) is 0 Å². The average Bonchev–Trinajstić information content (AvgIpc) is 3.09. The third-order valence-electron chi connectivity index (χ3n) is 3.88. The number of nitrogens with zero attached hydrogens (tertiary/aromatic N) is 1. The first-order valence-corrected chi connectivity index (χ1v) is 8.26. The number of carbonyl (C=O) groups excluding carboxylic acids is 1. The smallest absolute Gasteiger partial charge is 0.222 e. The zero-order chi connectivity index (χ0) is 14.4. The molecule has 1 aliphatic heterocycles. The molecule has 20 heavy (non-hydrogen) atoms. The van der Waals surface area contributed by atoms with Gasteiger partial charge in [-0.15, -0.1) is 11.3 Å². The van der Waals surface area contributed by atoms with Crippen LogP contribution in [-0.4, -0.2) is 42.1 Å². The van der Waals surface area contributed by atoms with Crippen LogP contribution in [0.15, 0.2) is 17.5 Å². The van der Waals surface area contributed by atoms with Crippen molar-refractivity contribution in [3.05, 3.63) is 22.4 Å². The fourth-order valence-corrected chi connectivity index (χ4v) is 3.55. The van der Waals surface area contributed by atoms with E-state index in [1.807, 2.05) is 29.5 Å². The van der Waals surface area contributed by atoms with Gasteiger partial charge >= 0.3 is 0 Å². The summed E-state index contributed by atoms with van der Waals surface area (Å²) in [7, 11) is 1.90. The van der Waals surface area contributed by atoms with Crippen LogP contribution in [0.25, 0.3) is 0 Å². The summed E-state index contributed by atoms with van der Waals surface area (Å²) in [5.74, 6) is 0.237. The van der Waals surface area contributed by atoms with Crippen molar-refractivity contribution in [2.45, 2.75) is 44.2 Å². The average molecular weight is 296 g/mol. The summed E-state index contributed by atoms with van der Waals surface area (Å²) in [6, 6.07) is 4.12. The van der Waals surface area contributed by atoms with E-state index in [0.717, 1.165) is 37.2 Å². The molecule has 2 heterocycles. The first-order chi connectivity index (χ1) is 9.72. The van der Waals surface area contributed by atoms with Gasteiger partial charge in [-0.3, -0.25) is 4.79 Å². The predicted octanol–water partition coefficient (Wildman–Crippen LogP) is 2.16. The lowest BCUT2D eigenvalue weighted by Gasteiger charge is -2.26. The molecular weight excluding hydrogens is 272 g/mol. The van der Waals surface area contributed by atoms with Crippen molar-refractivity contribution in [1.82, 2.24) is 10.2 Å². The lowest BCUT2D eigenvalue weighted by atomic mass is 10.1. The van der Waals surface area contributed by atoms with Crippen LogP contribution in [0.4, 0.5) is 0 Å². The van der Waals surface area contributed by atoms with Gasteiger partial charge in [-0.25, -0.2) is 0 Å². The van der Waals surface area contributed by atoms with E-state index in [1.54, 1.807) is 11.3 Å². The van der Waals surface area contributed by atoms with Crippen LogP contribution in [-0.2, 0) is 4.79 Å². The number of hydrogen-bond acceptors (Lipinski definition) is 4. The van der Waals surface area contributed by atoms with Crippen LogP contribution < -0.4 is 5.32 Å². The third-order valence-corrected chi connectivity index (χ3v) is 4.86. The van der Waals surface area contributed by atoms with Crippen molar-refractivity contribution < 1.29 is 9.90 Å². The summed E-state index contributed by atoms with van der Waals surface area (Å²) >= 11 is 1.58. The molecule has 0 bridgehead atoms. The number of aliphatic hydroxyl groups excluding tert-OH is 1. The lowest BCUT2D eigenvalue weighted by molar-refractivity contribution is -0.132. The van der Waals surface area contributed by atoms with Crippen molar-refractivity contribution >= 4 is 17.2 Å². The molecular formula is C15H24N2O2S. The molecule has 5 heteroatoms. The molecule has 0 spiro atoms. The van der Waals surface area contributed by atoms with E-state index in [9.17, 15) is 9.90 Å². The standard InChI is InChI=1S/C15H24N2O2S/c1-16-8-2-7-15(19)17-9-3-5-12(17)11-13(18)14-6-4-10-20-14/h4,6,10,12-13,16,18H,2-3,5,7-9,11H2,1H3. The van der Waals surface area contributed by atoms with Gasteiger partial charge in [0.25, 0.3) is 0 Å². The Hall–Kier alpha value is -0.910. The largest absolute Gasteiger partial charge is 0.387 e. The lowest BCUT2D eigenvalue weighted by Crippen LogP contribution is -2.36. The number of thiophene rings is 1. The highest BCUT2D eigenvalue weighted by atomic mass is 32.1. The van der Waals surface area contributed by atoms with Crippen molar-refractivity contribution in [2.24, 2.45) is 0 Å². The molecule has 1 aromatic heterocycles. The summed E-state index contributed by atoms with van der Waals surface area (Å²) in [6.45, 7) is 1.72. The zero-order valence-electron chi connectivity index (χ0n) is 12.0. The third kappa shape index (κ3) is 4.04. The van der Waals surface area contributed by atoms with E-state index < -0.39 is 6.10 Å². The second-order valence-electron chi connectivity index (χ2n) is 5.36.